The van der Waals surface area contributed by atoms with Crippen LogP contribution in [0.3, 0.4) is 0 Å². The van der Waals surface area contributed by atoms with E-state index in [0.717, 1.165) is 35.4 Å². The SMILES string of the molecule is CCOc1ccc(-c2ccc(CC(=O)NC3CCCCCC3)cn2)cc1. The van der Waals surface area contributed by atoms with E-state index in [1.807, 2.05) is 43.3 Å². The molecule has 0 bridgehead atoms. The van der Waals surface area contributed by atoms with E-state index in [4.69, 9.17) is 4.74 Å². The van der Waals surface area contributed by atoms with Crippen molar-refractivity contribution in [1.29, 1.82) is 0 Å². The Kier molecular flexibility index (Phi) is 6.64. The average Bonchev–Trinajstić information content (AvgIpc) is 2.92. The Morgan fingerprint density at radius 3 is 2.42 bits per heavy atom. The van der Waals surface area contributed by atoms with Crippen LogP contribution in [-0.2, 0) is 11.2 Å². The number of carbonyl (C=O) groups excluding carboxylic acids is 1. The molecule has 0 atom stereocenters. The summed E-state index contributed by atoms with van der Waals surface area (Å²) < 4.78 is 5.46. The number of hydrogen-bond acceptors (Lipinski definition) is 3. The Hall–Kier alpha value is -2.36. The largest absolute Gasteiger partial charge is 0.494 e. The number of nitrogens with one attached hydrogen (secondary N) is 1. The van der Waals surface area contributed by atoms with Gasteiger partial charge in [0.15, 0.2) is 0 Å². The molecule has 1 heterocycles. The summed E-state index contributed by atoms with van der Waals surface area (Å²) in [6, 6.07) is 12.2. The number of carbonyl (C=O) groups is 1. The molecule has 138 valence electrons. The van der Waals surface area contributed by atoms with Gasteiger partial charge in [0.2, 0.25) is 5.91 Å². The van der Waals surface area contributed by atoms with Crippen molar-refractivity contribution in [3.8, 4) is 17.0 Å². The van der Waals surface area contributed by atoms with Gasteiger partial charge in [0.25, 0.3) is 0 Å². The van der Waals surface area contributed by atoms with Gasteiger partial charge in [0, 0.05) is 17.8 Å². The number of amides is 1. The third-order valence-electron chi connectivity index (χ3n) is 4.87. The second-order valence-corrected chi connectivity index (χ2v) is 6.94. The van der Waals surface area contributed by atoms with E-state index in [9.17, 15) is 4.79 Å². The lowest BCUT2D eigenvalue weighted by Crippen LogP contribution is -2.35. The van der Waals surface area contributed by atoms with E-state index in [2.05, 4.69) is 10.3 Å². The highest BCUT2D eigenvalue weighted by Gasteiger charge is 2.15. The fraction of sp³-hybridized carbons (Fsp3) is 0.455. The highest BCUT2D eigenvalue weighted by atomic mass is 16.5. The number of benzene rings is 1. The summed E-state index contributed by atoms with van der Waals surface area (Å²) in [5.74, 6) is 0.968. The number of aromatic nitrogens is 1. The van der Waals surface area contributed by atoms with Crippen LogP contribution in [-0.4, -0.2) is 23.5 Å². The van der Waals surface area contributed by atoms with E-state index >= 15 is 0 Å². The van der Waals surface area contributed by atoms with Gasteiger partial charge >= 0.3 is 0 Å². The van der Waals surface area contributed by atoms with Crippen molar-refractivity contribution in [2.24, 2.45) is 0 Å². The van der Waals surface area contributed by atoms with Gasteiger partial charge in [-0.2, -0.15) is 0 Å². The zero-order valence-corrected chi connectivity index (χ0v) is 15.5. The summed E-state index contributed by atoms with van der Waals surface area (Å²) in [5.41, 5.74) is 2.90. The second-order valence-electron chi connectivity index (χ2n) is 6.94. The molecule has 1 aliphatic carbocycles. The van der Waals surface area contributed by atoms with E-state index in [1.54, 1.807) is 6.20 Å². The van der Waals surface area contributed by atoms with Crippen molar-refractivity contribution in [3.05, 3.63) is 48.2 Å². The fourth-order valence-electron chi connectivity index (χ4n) is 3.48. The molecule has 0 spiro atoms. The molecule has 4 nitrogen and oxygen atoms in total. The van der Waals surface area contributed by atoms with Gasteiger partial charge in [-0.1, -0.05) is 31.7 Å². The predicted octanol–water partition coefficient (Wildman–Crippen LogP) is 4.53. The number of nitrogens with zero attached hydrogens (tertiary/aromatic N) is 1. The first kappa shape index (κ1) is 18.4. The first-order chi connectivity index (χ1) is 12.7. The van der Waals surface area contributed by atoms with Gasteiger partial charge in [0.05, 0.1) is 18.7 Å². The van der Waals surface area contributed by atoms with Gasteiger partial charge in [-0.25, -0.2) is 0 Å². The number of pyridine rings is 1. The Balaban J connectivity index is 1.55. The normalized spacial score (nSPS) is 15.3. The molecule has 0 radical (unpaired) electrons. The predicted molar refractivity (Wildman–Crippen MR) is 104 cm³/mol. The lowest BCUT2D eigenvalue weighted by molar-refractivity contribution is -0.121. The van der Waals surface area contributed by atoms with Crippen LogP contribution >= 0.6 is 0 Å². The molecule has 0 saturated heterocycles. The monoisotopic (exact) mass is 352 g/mol. The minimum atomic E-state index is 0.104. The summed E-state index contributed by atoms with van der Waals surface area (Å²) in [6.07, 6.45) is 9.46. The Labute approximate surface area is 156 Å². The van der Waals surface area contributed by atoms with Crippen LogP contribution in [0, 0.1) is 0 Å². The average molecular weight is 352 g/mol. The molecule has 2 aromatic rings. The van der Waals surface area contributed by atoms with Crippen LogP contribution in [0.2, 0.25) is 0 Å². The quantitative estimate of drug-likeness (QED) is 0.777. The maximum absolute atomic E-state index is 12.3. The van der Waals surface area contributed by atoms with Crippen molar-refractivity contribution in [3.63, 3.8) is 0 Å². The molecule has 3 rings (SSSR count). The van der Waals surface area contributed by atoms with Crippen molar-refractivity contribution in [2.45, 2.75) is 57.9 Å². The van der Waals surface area contributed by atoms with Crippen molar-refractivity contribution >= 4 is 5.91 Å². The molecule has 1 saturated carbocycles. The summed E-state index contributed by atoms with van der Waals surface area (Å²) in [7, 11) is 0. The maximum Gasteiger partial charge on any atom is 0.224 e. The second kappa shape index (κ2) is 9.37. The number of ether oxygens (including phenoxy) is 1. The minimum absolute atomic E-state index is 0.104. The van der Waals surface area contributed by atoms with Crippen LogP contribution in [0.25, 0.3) is 11.3 Å². The zero-order valence-electron chi connectivity index (χ0n) is 15.5. The molecule has 1 amide bonds. The molecule has 1 aliphatic rings. The summed E-state index contributed by atoms with van der Waals surface area (Å²) >= 11 is 0. The Morgan fingerprint density at radius 2 is 1.81 bits per heavy atom. The molecule has 0 unspecified atom stereocenters. The first-order valence-electron chi connectivity index (χ1n) is 9.72. The first-order valence-corrected chi connectivity index (χ1v) is 9.72. The Bertz CT molecular complexity index is 687. The summed E-state index contributed by atoms with van der Waals surface area (Å²) in [4.78, 5) is 16.8. The smallest absolute Gasteiger partial charge is 0.224 e. The van der Waals surface area contributed by atoms with Crippen LogP contribution < -0.4 is 10.1 Å². The van der Waals surface area contributed by atoms with E-state index < -0.39 is 0 Å². The molecule has 1 aromatic heterocycles. The van der Waals surface area contributed by atoms with Gasteiger partial charge in [-0.3, -0.25) is 9.78 Å². The molecule has 26 heavy (non-hydrogen) atoms. The lowest BCUT2D eigenvalue weighted by Gasteiger charge is -2.16. The van der Waals surface area contributed by atoms with Crippen molar-refractivity contribution < 1.29 is 9.53 Å². The highest BCUT2D eigenvalue weighted by Crippen LogP contribution is 2.21. The molecular weight excluding hydrogens is 324 g/mol. The van der Waals surface area contributed by atoms with Gasteiger partial charge in [-0.15, -0.1) is 0 Å². The minimum Gasteiger partial charge on any atom is -0.494 e. The van der Waals surface area contributed by atoms with Gasteiger partial charge < -0.3 is 10.1 Å². The molecule has 1 N–H and O–H groups in total. The highest BCUT2D eigenvalue weighted by molar-refractivity contribution is 5.79. The van der Waals surface area contributed by atoms with Gasteiger partial charge in [-0.05, 0) is 55.7 Å². The zero-order chi connectivity index (χ0) is 18.2. The fourth-order valence-corrected chi connectivity index (χ4v) is 3.48. The van der Waals surface area contributed by atoms with Gasteiger partial charge in [0.1, 0.15) is 5.75 Å². The van der Waals surface area contributed by atoms with Crippen LogP contribution in [0.4, 0.5) is 0 Å². The van der Waals surface area contributed by atoms with Crippen LogP contribution in [0.5, 0.6) is 5.75 Å². The molecule has 1 aromatic carbocycles. The van der Waals surface area contributed by atoms with Crippen molar-refractivity contribution in [1.82, 2.24) is 10.3 Å². The third-order valence-corrected chi connectivity index (χ3v) is 4.87. The molecule has 1 fully saturated rings. The Morgan fingerprint density at radius 1 is 1.08 bits per heavy atom. The third kappa shape index (κ3) is 5.32. The number of rotatable bonds is 6. The van der Waals surface area contributed by atoms with E-state index in [0.29, 0.717) is 19.1 Å². The standard InChI is InChI=1S/C22H28N2O2/c1-2-26-20-12-10-18(11-13-20)21-14-9-17(16-23-21)15-22(25)24-19-7-5-3-4-6-8-19/h9-14,16,19H,2-8,15H2,1H3,(H,24,25). The topological polar surface area (TPSA) is 51.2 Å². The van der Waals surface area contributed by atoms with E-state index in [-0.39, 0.29) is 5.91 Å². The van der Waals surface area contributed by atoms with Crippen molar-refractivity contribution in [2.75, 3.05) is 6.61 Å². The maximum atomic E-state index is 12.3. The lowest BCUT2D eigenvalue weighted by atomic mass is 10.1. The van der Waals surface area contributed by atoms with Crippen LogP contribution in [0.1, 0.15) is 51.0 Å². The van der Waals surface area contributed by atoms with E-state index in [1.165, 1.54) is 25.7 Å². The van der Waals surface area contributed by atoms with Crippen LogP contribution in [0.15, 0.2) is 42.6 Å². The molecule has 4 heteroatoms. The molecule has 0 aliphatic heterocycles. The molecular formula is C22H28N2O2. The number of hydrogen-bond donors (Lipinski definition) is 1. The summed E-state index contributed by atoms with van der Waals surface area (Å²) in [6.45, 7) is 2.63. The summed E-state index contributed by atoms with van der Waals surface area (Å²) in [5, 5.41) is 3.19.